The van der Waals surface area contributed by atoms with E-state index in [1.54, 1.807) is 0 Å². The quantitative estimate of drug-likeness (QED) is 0.753. The Balaban J connectivity index is 1.79. The van der Waals surface area contributed by atoms with Gasteiger partial charge in [-0.05, 0) is 56.9 Å². The molecule has 3 rings (SSSR count). The molecule has 0 saturated heterocycles. The molecule has 4 heteroatoms. The minimum atomic E-state index is -0.00184. The highest BCUT2D eigenvalue weighted by atomic mass is 16.2. The molecule has 0 bridgehead atoms. The maximum absolute atomic E-state index is 13.2. The van der Waals surface area contributed by atoms with Gasteiger partial charge in [0, 0.05) is 23.0 Å². The zero-order valence-corrected chi connectivity index (χ0v) is 14.9. The van der Waals surface area contributed by atoms with Crippen molar-refractivity contribution < 1.29 is 4.79 Å². The summed E-state index contributed by atoms with van der Waals surface area (Å²) < 4.78 is 0. The number of nitrogens with zero attached hydrogens (tertiary/aromatic N) is 1. The van der Waals surface area contributed by atoms with E-state index in [-0.39, 0.29) is 11.6 Å². The number of carbonyl (C=O) groups excluding carboxylic acids is 1. The lowest BCUT2D eigenvalue weighted by atomic mass is 9.79. The van der Waals surface area contributed by atoms with E-state index in [2.05, 4.69) is 17.1 Å². The number of benzene rings is 1. The number of amides is 2. The summed E-state index contributed by atoms with van der Waals surface area (Å²) in [6.07, 6.45) is 12.1. The van der Waals surface area contributed by atoms with Crippen molar-refractivity contribution in [2.24, 2.45) is 0 Å². The van der Waals surface area contributed by atoms with Crippen LogP contribution in [0.5, 0.6) is 0 Å². The summed E-state index contributed by atoms with van der Waals surface area (Å²) in [5, 5.41) is 3.12. The summed E-state index contributed by atoms with van der Waals surface area (Å²) in [4.78, 5) is 15.4. The van der Waals surface area contributed by atoms with Gasteiger partial charge in [-0.2, -0.15) is 0 Å². The van der Waals surface area contributed by atoms with Crippen LogP contribution in [0.15, 0.2) is 24.3 Å². The van der Waals surface area contributed by atoms with E-state index in [0.717, 1.165) is 37.1 Å². The molecule has 0 aliphatic heterocycles. The van der Waals surface area contributed by atoms with E-state index in [0.29, 0.717) is 6.04 Å². The van der Waals surface area contributed by atoms with E-state index in [4.69, 9.17) is 5.73 Å². The van der Waals surface area contributed by atoms with Crippen molar-refractivity contribution in [2.75, 3.05) is 11.1 Å². The normalized spacial score (nSPS) is 21.2. The molecule has 132 valence electrons. The summed E-state index contributed by atoms with van der Waals surface area (Å²) in [6.45, 7) is 2.29. The van der Waals surface area contributed by atoms with Crippen LogP contribution in [0.25, 0.3) is 0 Å². The predicted molar refractivity (Wildman–Crippen MR) is 100 cm³/mol. The van der Waals surface area contributed by atoms with Crippen molar-refractivity contribution in [3.05, 3.63) is 24.3 Å². The van der Waals surface area contributed by atoms with Gasteiger partial charge in [0.2, 0.25) is 0 Å². The van der Waals surface area contributed by atoms with Gasteiger partial charge in [0.25, 0.3) is 0 Å². The smallest absolute Gasteiger partial charge is 0.322 e. The van der Waals surface area contributed by atoms with Crippen molar-refractivity contribution in [3.8, 4) is 0 Å². The average Bonchev–Trinajstić information content (AvgIpc) is 2.58. The van der Waals surface area contributed by atoms with E-state index in [9.17, 15) is 4.79 Å². The van der Waals surface area contributed by atoms with Crippen molar-refractivity contribution >= 4 is 17.4 Å². The second-order valence-electron chi connectivity index (χ2n) is 7.77. The van der Waals surface area contributed by atoms with E-state index >= 15 is 0 Å². The molecular weight excluding hydrogens is 298 g/mol. The number of carbonyl (C=O) groups is 1. The Morgan fingerprint density at radius 2 is 1.62 bits per heavy atom. The third-order valence-corrected chi connectivity index (χ3v) is 5.83. The van der Waals surface area contributed by atoms with Crippen molar-refractivity contribution in [1.29, 1.82) is 0 Å². The van der Waals surface area contributed by atoms with Gasteiger partial charge in [0.05, 0.1) is 0 Å². The van der Waals surface area contributed by atoms with Gasteiger partial charge in [-0.1, -0.05) is 38.5 Å². The Kier molecular flexibility index (Phi) is 5.32. The Morgan fingerprint density at radius 3 is 2.25 bits per heavy atom. The van der Waals surface area contributed by atoms with E-state index in [1.807, 2.05) is 24.3 Å². The fourth-order valence-electron chi connectivity index (χ4n) is 4.50. The molecule has 3 N–H and O–H groups in total. The molecule has 1 aromatic carbocycles. The number of urea groups is 1. The van der Waals surface area contributed by atoms with Crippen LogP contribution < -0.4 is 11.1 Å². The average molecular weight is 329 g/mol. The van der Waals surface area contributed by atoms with Gasteiger partial charge in [-0.3, -0.25) is 0 Å². The molecule has 0 radical (unpaired) electrons. The highest BCUT2D eigenvalue weighted by Gasteiger charge is 2.40. The molecule has 0 unspecified atom stereocenters. The lowest BCUT2D eigenvalue weighted by Crippen LogP contribution is -2.57. The van der Waals surface area contributed by atoms with Gasteiger partial charge in [0.15, 0.2) is 0 Å². The van der Waals surface area contributed by atoms with Crippen LogP contribution >= 0.6 is 0 Å². The molecule has 0 aromatic heterocycles. The standard InChI is InChI=1S/C20H31N3O/c1-20(14-6-3-7-15-20)23(18-8-4-2-5-9-18)19(24)22-17-12-10-16(21)11-13-17/h10-13,18H,2-9,14-15,21H2,1H3,(H,22,24). The van der Waals surface area contributed by atoms with Crippen LogP contribution in [0.2, 0.25) is 0 Å². The largest absolute Gasteiger partial charge is 0.399 e. The number of rotatable bonds is 3. The first kappa shape index (κ1) is 17.1. The second-order valence-corrected chi connectivity index (χ2v) is 7.77. The van der Waals surface area contributed by atoms with Crippen LogP contribution in [0, 0.1) is 0 Å². The molecule has 24 heavy (non-hydrogen) atoms. The van der Waals surface area contributed by atoms with Gasteiger partial charge in [0.1, 0.15) is 0 Å². The molecule has 0 spiro atoms. The van der Waals surface area contributed by atoms with Crippen molar-refractivity contribution in [1.82, 2.24) is 4.90 Å². The van der Waals surface area contributed by atoms with E-state index in [1.165, 1.54) is 38.5 Å². The highest BCUT2D eigenvalue weighted by molar-refractivity contribution is 5.90. The zero-order chi connectivity index (χ0) is 17.0. The SMILES string of the molecule is CC1(N(C(=O)Nc2ccc(N)cc2)C2CCCCC2)CCCCC1. The summed E-state index contributed by atoms with van der Waals surface area (Å²) in [5.41, 5.74) is 7.29. The Labute approximate surface area is 145 Å². The lowest BCUT2D eigenvalue weighted by molar-refractivity contribution is 0.0513. The molecule has 2 aliphatic carbocycles. The van der Waals surface area contributed by atoms with Crippen molar-refractivity contribution in [2.45, 2.75) is 82.7 Å². The van der Waals surface area contributed by atoms with Crippen molar-refractivity contribution in [3.63, 3.8) is 0 Å². The maximum atomic E-state index is 13.2. The topological polar surface area (TPSA) is 58.4 Å². The summed E-state index contributed by atoms with van der Waals surface area (Å²) >= 11 is 0. The number of hydrogen-bond acceptors (Lipinski definition) is 2. The number of nitrogen functional groups attached to an aromatic ring is 1. The van der Waals surface area contributed by atoms with Crippen LogP contribution in [0.3, 0.4) is 0 Å². The highest BCUT2D eigenvalue weighted by Crippen LogP contribution is 2.38. The van der Waals surface area contributed by atoms with Gasteiger partial charge >= 0.3 is 6.03 Å². The third-order valence-electron chi connectivity index (χ3n) is 5.83. The van der Waals surface area contributed by atoms with Crippen LogP contribution in [-0.2, 0) is 0 Å². The van der Waals surface area contributed by atoms with Crippen LogP contribution in [0.4, 0.5) is 16.2 Å². The third kappa shape index (κ3) is 3.85. The van der Waals surface area contributed by atoms with Crippen LogP contribution in [-0.4, -0.2) is 22.5 Å². The predicted octanol–water partition coefficient (Wildman–Crippen LogP) is 5.16. The molecule has 4 nitrogen and oxygen atoms in total. The number of nitrogens with one attached hydrogen (secondary N) is 1. The zero-order valence-electron chi connectivity index (χ0n) is 14.9. The molecule has 1 aromatic rings. The summed E-state index contributed by atoms with van der Waals surface area (Å²) in [7, 11) is 0. The number of nitrogens with two attached hydrogens (primary N) is 1. The van der Waals surface area contributed by atoms with Gasteiger partial charge in [-0.25, -0.2) is 4.79 Å². The summed E-state index contributed by atoms with van der Waals surface area (Å²) in [5.74, 6) is 0. The molecule has 2 amide bonds. The fourth-order valence-corrected chi connectivity index (χ4v) is 4.50. The first-order chi connectivity index (χ1) is 11.6. The molecule has 0 atom stereocenters. The molecule has 2 saturated carbocycles. The second kappa shape index (κ2) is 7.45. The number of anilines is 2. The van der Waals surface area contributed by atoms with Crippen LogP contribution in [0.1, 0.15) is 71.1 Å². The van der Waals surface area contributed by atoms with E-state index < -0.39 is 0 Å². The molecular formula is C20H31N3O. The lowest BCUT2D eigenvalue weighted by Gasteiger charge is -2.49. The molecule has 0 heterocycles. The first-order valence-corrected chi connectivity index (χ1v) is 9.54. The van der Waals surface area contributed by atoms with Gasteiger partial charge in [-0.15, -0.1) is 0 Å². The minimum absolute atomic E-state index is 0.00184. The monoisotopic (exact) mass is 329 g/mol. The Morgan fingerprint density at radius 1 is 1.04 bits per heavy atom. The Bertz CT molecular complexity index is 543. The maximum Gasteiger partial charge on any atom is 0.322 e. The van der Waals surface area contributed by atoms with Gasteiger partial charge < -0.3 is 16.0 Å². The minimum Gasteiger partial charge on any atom is -0.399 e. The molecule has 2 aliphatic rings. The number of hydrogen-bond donors (Lipinski definition) is 2. The summed E-state index contributed by atoms with van der Waals surface area (Å²) in [6, 6.07) is 7.89. The fraction of sp³-hybridized carbons (Fsp3) is 0.650. The Hall–Kier alpha value is -1.71. The molecule has 2 fully saturated rings. The first-order valence-electron chi connectivity index (χ1n) is 9.54.